The highest BCUT2D eigenvalue weighted by molar-refractivity contribution is 7.99. The number of esters is 1. The predicted octanol–water partition coefficient (Wildman–Crippen LogP) is 5.51. The van der Waals surface area contributed by atoms with E-state index < -0.39 is 0 Å². The molecule has 3 aromatic rings. The van der Waals surface area contributed by atoms with Crippen molar-refractivity contribution < 1.29 is 14.3 Å². The molecule has 3 heterocycles. The van der Waals surface area contributed by atoms with Crippen LogP contribution in [0.5, 0.6) is 0 Å². The Kier molecular flexibility index (Phi) is 7.55. The van der Waals surface area contributed by atoms with Crippen molar-refractivity contribution in [2.24, 2.45) is 7.05 Å². The van der Waals surface area contributed by atoms with E-state index in [-0.39, 0.29) is 17.6 Å². The number of hydrogen-bond acceptors (Lipinski definition) is 8. The van der Waals surface area contributed by atoms with Crippen LogP contribution in [0.1, 0.15) is 64.7 Å². The van der Waals surface area contributed by atoms with E-state index in [1.807, 2.05) is 11.6 Å². The highest BCUT2D eigenvalue weighted by Crippen LogP contribution is 2.38. The highest BCUT2D eigenvalue weighted by Gasteiger charge is 2.26. The average molecular weight is 505 g/mol. The van der Waals surface area contributed by atoms with Gasteiger partial charge in [0, 0.05) is 27.7 Å². The molecule has 4 rings (SSSR count). The molecule has 0 aromatic carbocycles. The summed E-state index contributed by atoms with van der Waals surface area (Å²) >= 11 is 4.55. The maximum Gasteiger partial charge on any atom is 0.341 e. The number of carbonyl (C=O) groups is 2. The molecular formula is C23H28N4O3S3. The topological polar surface area (TPSA) is 86.1 Å². The van der Waals surface area contributed by atoms with E-state index in [4.69, 9.17) is 4.74 Å². The summed E-state index contributed by atoms with van der Waals surface area (Å²) in [5.74, 6) is 0.874. The van der Waals surface area contributed by atoms with Gasteiger partial charge in [-0.1, -0.05) is 32.0 Å². The third-order valence-electron chi connectivity index (χ3n) is 5.68. The molecule has 0 atom stereocenters. The number of carbonyl (C=O) groups excluding carboxylic acids is 2. The Hall–Kier alpha value is -2.17. The standard InChI is InChI=1S/C23H28N4O3S3/c1-13(2)17-10-14(11-31-17)20-25-26-23(27(20)3)32-12-18(28)24-21-19(22(29)30-4)15-8-6-5-7-9-16(15)33-21/h10-11,13H,5-9,12H2,1-4H3,(H,24,28). The largest absolute Gasteiger partial charge is 0.465 e. The third-order valence-corrected chi connectivity index (χ3v) is 9.14. The summed E-state index contributed by atoms with van der Waals surface area (Å²) in [4.78, 5) is 27.7. The van der Waals surface area contributed by atoms with E-state index in [1.54, 1.807) is 11.3 Å². The maximum absolute atomic E-state index is 12.8. The lowest BCUT2D eigenvalue weighted by Gasteiger charge is -2.07. The van der Waals surface area contributed by atoms with Gasteiger partial charge < -0.3 is 14.6 Å². The summed E-state index contributed by atoms with van der Waals surface area (Å²) in [6, 6.07) is 2.15. The van der Waals surface area contributed by atoms with Crippen LogP contribution in [0, 0.1) is 0 Å². The smallest absolute Gasteiger partial charge is 0.341 e. The van der Waals surface area contributed by atoms with Crippen LogP contribution in [-0.4, -0.2) is 39.5 Å². The van der Waals surface area contributed by atoms with Crippen LogP contribution in [0.4, 0.5) is 5.00 Å². The molecule has 1 aliphatic carbocycles. The summed E-state index contributed by atoms with van der Waals surface area (Å²) in [7, 11) is 3.29. The van der Waals surface area contributed by atoms with Crippen molar-refractivity contribution in [2.75, 3.05) is 18.2 Å². The molecule has 176 valence electrons. The summed E-state index contributed by atoms with van der Waals surface area (Å²) in [6.07, 6.45) is 5.11. The predicted molar refractivity (Wildman–Crippen MR) is 135 cm³/mol. The number of aromatic nitrogens is 3. The number of ether oxygens (including phenoxy) is 1. The number of aryl methyl sites for hydroxylation is 1. The molecule has 0 aliphatic heterocycles. The zero-order valence-electron chi connectivity index (χ0n) is 19.3. The maximum atomic E-state index is 12.8. The lowest BCUT2D eigenvalue weighted by molar-refractivity contribution is -0.113. The highest BCUT2D eigenvalue weighted by atomic mass is 32.2. The first-order valence-electron chi connectivity index (χ1n) is 11.0. The minimum atomic E-state index is -0.383. The molecule has 1 N–H and O–H groups in total. The van der Waals surface area contributed by atoms with Crippen LogP contribution in [0.3, 0.4) is 0 Å². The molecule has 0 saturated carbocycles. The number of thioether (sulfide) groups is 1. The molecule has 3 aromatic heterocycles. The van der Waals surface area contributed by atoms with Gasteiger partial charge in [0.05, 0.1) is 18.4 Å². The Morgan fingerprint density at radius 3 is 2.76 bits per heavy atom. The fraction of sp³-hybridized carbons (Fsp3) is 0.478. The second kappa shape index (κ2) is 10.4. The van der Waals surface area contributed by atoms with Crippen molar-refractivity contribution in [1.82, 2.24) is 14.8 Å². The summed E-state index contributed by atoms with van der Waals surface area (Å²) in [5.41, 5.74) is 2.61. The van der Waals surface area contributed by atoms with Crippen molar-refractivity contribution in [1.29, 1.82) is 0 Å². The van der Waals surface area contributed by atoms with E-state index in [9.17, 15) is 9.59 Å². The van der Waals surface area contributed by atoms with Crippen LogP contribution in [0.25, 0.3) is 11.4 Å². The molecule has 0 radical (unpaired) electrons. The van der Waals surface area contributed by atoms with Crippen molar-refractivity contribution >= 4 is 51.3 Å². The SMILES string of the molecule is COC(=O)c1c(NC(=O)CSc2nnc(-c3csc(C(C)C)c3)n2C)sc2c1CCCCC2. The zero-order valence-corrected chi connectivity index (χ0v) is 21.7. The van der Waals surface area contributed by atoms with Gasteiger partial charge in [0.15, 0.2) is 11.0 Å². The summed E-state index contributed by atoms with van der Waals surface area (Å²) < 4.78 is 6.93. The van der Waals surface area contributed by atoms with Gasteiger partial charge in [-0.15, -0.1) is 32.9 Å². The van der Waals surface area contributed by atoms with Gasteiger partial charge in [0.25, 0.3) is 0 Å². The Labute approximate surface area is 206 Å². The van der Waals surface area contributed by atoms with Crippen molar-refractivity contribution in [2.45, 2.75) is 57.0 Å². The van der Waals surface area contributed by atoms with E-state index in [2.05, 4.69) is 40.8 Å². The summed E-state index contributed by atoms with van der Waals surface area (Å²) in [5, 5.41) is 14.9. The molecule has 33 heavy (non-hydrogen) atoms. The summed E-state index contributed by atoms with van der Waals surface area (Å²) in [6.45, 7) is 4.34. The number of rotatable bonds is 7. The Morgan fingerprint density at radius 1 is 1.24 bits per heavy atom. The number of thiophene rings is 2. The third kappa shape index (κ3) is 5.17. The number of anilines is 1. The molecule has 7 nitrogen and oxygen atoms in total. The monoisotopic (exact) mass is 504 g/mol. The number of nitrogens with one attached hydrogen (secondary N) is 1. The number of nitrogens with zero attached hydrogens (tertiary/aromatic N) is 3. The lowest BCUT2D eigenvalue weighted by atomic mass is 10.1. The van der Waals surface area contributed by atoms with Crippen LogP contribution in [0.2, 0.25) is 0 Å². The lowest BCUT2D eigenvalue weighted by Crippen LogP contribution is -2.16. The van der Waals surface area contributed by atoms with Gasteiger partial charge >= 0.3 is 5.97 Å². The quantitative estimate of drug-likeness (QED) is 0.259. The molecule has 1 amide bonds. The van der Waals surface area contributed by atoms with Crippen molar-refractivity contribution in [3.63, 3.8) is 0 Å². The molecule has 0 unspecified atom stereocenters. The second-order valence-corrected chi connectivity index (χ2v) is 11.3. The molecule has 10 heteroatoms. The van der Waals surface area contributed by atoms with Gasteiger partial charge in [-0.2, -0.15) is 0 Å². The number of methoxy groups -OCH3 is 1. The van der Waals surface area contributed by atoms with E-state index in [1.165, 1.54) is 40.0 Å². The number of fused-ring (bicyclic) bond motifs is 1. The normalized spacial score (nSPS) is 13.6. The van der Waals surface area contributed by atoms with Crippen molar-refractivity contribution in [3.8, 4) is 11.4 Å². The minimum absolute atomic E-state index is 0.177. The number of amides is 1. The fourth-order valence-corrected chi connectivity index (χ4v) is 6.81. The molecule has 0 bridgehead atoms. The van der Waals surface area contributed by atoms with Gasteiger partial charge in [-0.25, -0.2) is 4.79 Å². The first-order chi connectivity index (χ1) is 15.9. The van der Waals surface area contributed by atoms with Gasteiger partial charge in [0.1, 0.15) is 5.00 Å². The Morgan fingerprint density at radius 2 is 2.03 bits per heavy atom. The van der Waals surface area contributed by atoms with Crippen LogP contribution >= 0.6 is 34.4 Å². The van der Waals surface area contributed by atoms with Crippen LogP contribution in [0.15, 0.2) is 16.6 Å². The fourth-order valence-electron chi connectivity index (χ4n) is 3.91. The molecule has 0 fully saturated rings. The first-order valence-corrected chi connectivity index (χ1v) is 13.7. The number of hydrogen-bond donors (Lipinski definition) is 1. The molecule has 1 aliphatic rings. The van der Waals surface area contributed by atoms with E-state index in [0.717, 1.165) is 49.1 Å². The van der Waals surface area contributed by atoms with Crippen LogP contribution in [-0.2, 0) is 29.4 Å². The van der Waals surface area contributed by atoms with Crippen molar-refractivity contribution in [3.05, 3.63) is 32.3 Å². The average Bonchev–Trinajstić information content (AvgIpc) is 3.45. The molecular weight excluding hydrogens is 476 g/mol. The van der Waals surface area contributed by atoms with Gasteiger partial charge in [-0.3, -0.25) is 4.79 Å². The van der Waals surface area contributed by atoms with E-state index >= 15 is 0 Å². The zero-order chi connectivity index (χ0) is 23.5. The minimum Gasteiger partial charge on any atom is -0.465 e. The molecule has 0 spiro atoms. The van der Waals surface area contributed by atoms with Crippen LogP contribution < -0.4 is 5.32 Å². The van der Waals surface area contributed by atoms with Gasteiger partial charge in [-0.05, 0) is 43.2 Å². The molecule has 0 saturated heterocycles. The Bertz CT molecular complexity index is 1160. The second-order valence-electron chi connectivity index (χ2n) is 8.35. The van der Waals surface area contributed by atoms with E-state index in [0.29, 0.717) is 21.6 Å². The van der Waals surface area contributed by atoms with Gasteiger partial charge in [0.2, 0.25) is 5.91 Å². The Balaban J connectivity index is 1.45. The first kappa shape index (κ1) is 24.0.